The summed E-state index contributed by atoms with van der Waals surface area (Å²) in [5.74, 6) is -0.242. The van der Waals surface area contributed by atoms with Gasteiger partial charge in [0, 0.05) is 47.1 Å². The monoisotopic (exact) mass is 377 g/mol. The van der Waals surface area contributed by atoms with Crippen LogP contribution in [0.4, 0.5) is 4.39 Å². The van der Waals surface area contributed by atoms with Crippen molar-refractivity contribution in [2.45, 2.75) is 31.8 Å². The molecule has 120 valence electrons. The van der Waals surface area contributed by atoms with Crippen LogP contribution in [-0.2, 0) is 26.4 Å². The summed E-state index contributed by atoms with van der Waals surface area (Å²) >= 11 is 3.41. The summed E-state index contributed by atoms with van der Waals surface area (Å²) in [6.07, 6.45) is 2.98. The van der Waals surface area contributed by atoms with E-state index in [-0.39, 0.29) is 5.82 Å². The molecule has 0 bridgehead atoms. The van der Waals surface area contributed by atoms with Gasteiger partial charge in [0.15, 0.2) is 0 Å². The Labute approximate surface area is 141 Å². The highest BCUT2D eigenvalue weighted by atomic mass is 79.9. The van der Waals surface area contributed by atoms with Crippen LogP contribution < -0.4 is 5.32 Å². The molecule has 1 aromatic carbocycles. The molecular weight excluding hydrogens is 361 g/mol. The zero-order valence-electron chi connectivity index (χ0n) is 12.7. The maximum atomic E-state index is 13.4. The molecule has 23 heavy (non-hydrogen) atoms. The van der Waals surface area contributed by atoms with E-state index in [1.807, 2.05) is 11.7 Å². The second-order valence-corrected chi connectivity index (χ2v) is 6.92. The third-order valence-corrected chi connectivity index (χ3v) is 5.14. The number of hydrogen-bond acceptors (Lipinski definition) is 3. The molecule has 1 unspecified atom stereocenters. The number of benzene rings is 1. The lowest BCUT2D eigenvalue weighted by molar-refractivity contribution is 0.445. The molecule has 1 aliphatic rings. The lowest BCUT2D eigenvalue weighted by Gasteiger charge is -2.22. The van der Waals surface area contributed by atoms with Crippen LogP contribution in [-0.4, -0.2) is 26.0 Å². The van der Waals surface area contributed by atoms with E-state index in [4.69, 9.17) is 0 Å². The van der Waals surface area contributed by atoms with Crippen molar-refractivity contribution in [2.75, 3.05) is 0 Å². The molecule has 2 heterocycles. The van der Waals surface area contributed by atoms with E-state index in [2.05, 4.69) is 42.6 Å². The molecule has 0 amide bonds. The first-order valence-electron chi connectivity index (χ1n) is 7.67. The average molecular weight is 378 g/mol. The van der Waals surface area contributed by atoms with Gasteiger partial charge in [0.2, 0.25) is 0 Å². The summed E-state index contributed by atoms with van der Waals surface area (Å²) in [7, 11) is 1.95. The lowest BCUT2D eigenvalue weighted by atomic mass is 9.96. The zero-order valence-corrected chi connectivity index (χ0v) is 14.3. The zero-order chi connectivity index (χ0) is 16.0. The van der Waals surface area contributed by atoms with Crippen molar-refractivity contribution in [3.63, 3.8) is 0 Å². The Hall–Kier alpha value is -1.73. The molecule has 0 radical (unpaired) electrons. The fourth-order valence-corrected chi connectivity index (χ4v) is 3.82. The molecule has 3 aromatic rings. The Morgan fingerprint density at radius 3 is 3.17 bits per heavy atom. The third-order valence-electron chi connectivity index (χ3n) is 4.48. The van der Waals surface area contributed by atoms with Gasteiger partial charge in [0.1, 0.15) is 5.82 Å². The van der Waals surface area contributed by atoms with Gasteiger partial charge in [-0.1, -0.05) is 5.21 Å². The minimum absolute atomic E-state index is 0.242. The summed E-state index contributed by atoms with van der Waals surface area (Å²) < 4.78 is 16.1. The highest BCUT2D eigenvalue weighted by Gasteiger charge is 2.22. The molecule has 7 heteroatoms. The second-order valence-electron chi connectivity index (χ2n) is 6.07. The van der Waals surface area contributed by atoms with Crippen LogP contribution in [0.3, 0.4) is 0 Å². The number of aryl methyl sites for hydroxylation is 1. The van der Waals surface area contributed by atoms with Crippen molar-refractivity contribution in [3.8, 4) is 0 Å². The van der Waals surface area contributed by atoms with E-state index in [1.54, 1.807) is 0 Å². The van der Waals surface area contributed by atoms with Gasteiger partial charge in [-0.2, -0.15) is 0 Å². The molecule has 0 saturated heterocycles. The summed E-state index contributed by atoms with van der Waals surface area (Å²) in [6.45, 7) is 0.725. The van der Waals surface area contributed by atoms with E-state index in [0.717, 1.165) is 52.6 Å². The van der Waals surface area contributed by atoms with Crippen molar-refractivity contribution in [3.05, 3.63) is 45.6 Å². The van der Waals surface area contributed by atoms with Crippen LogP contribution in [0, 0.1) is 5.82 Å². The smallest absolute Gasteiger partial charge is 0.126 e. The number of aromatic amines is 1. The van der Waals surface area contributed by atoms with Gasteiger partial charge in [-0.25, -0.2) is 4.39 Å². The second kappa shape index (κ2) is 5.72. The molecule has 1 aliphatic carbocycles. The SMILES string of the molecule is Cn1nnc2c1CCC(NCc1cc3c(Br)cc(F)cc3[nH]1)C2. The molecule has 0 spiro atoms. The molecule has 1 atom stereocenters. The molecule has 4 rings (SSSR count). The normalized spacial score (nSPS) is 17.6. The van der Waals surface area contributed by atoms with Gasteiger partial charge in [0.25, 0.3) is 0 Å². The predicted octanol–water partition coefficient (Wildman–Crippen LogP) is 2.85. The molecule has 0 fully saturated rings. The first-order chi connectivity index (χ1) is 11.1. The highest BCUT2D eigenvalue weighted by molar-refractivity contribution is 9.10. The summed E-state index contributed by atoms with van der Waals surface area (Å²) in [5, 5.41) is 12.9. The number of nitrogens with zero attached hydrogens (tertiary/aromatic N) is 3. The van der Waals surface area contributed by atoms with Crippen LogP contribution in [0.5, 0.6) is 0 Å². The van der Waals surface area contributed by atoms with E-state index < -0.39 is 0 Å². The van der Waals surface area contributed by atoms with Crippen LogP contribution in [0.1, 0.15) is 23.5 Å². The van der Waals surface area contributed by atoms with E-state index in [9.17, 15) is 4.39 Å². The topological polar surface area (TPSA) is 58.5 Å². The van der Waals surface area contributed by atoms with Crippen LogP contribution >= 0.6 is 15.9 Å². The Bertz CT molecular complexity index is 869. The Kier molecular flexibility index (Phi) is 3.69. The van der Waals surface area contributed by atoms with E-state index >= 15 is 0 Å². The first-order valence-corrected chi connectivity index (χ1v) is 8.47. The minimum atomic E-state index is -0.242. The fourth-order valence-electron chi connectivity index (χ4n) is 3.27. The molecule has 2 N–H and O–H groups in total. The molecular formula is C16H17BrFN5. The number of aromatic nitrogens is 4. The minimum Gasteiger partial charge on any atom is -0.357 e. The maximum Gasteiger partial charge on any atom is 0.126 e. The van der Waals surface area contributed by atoms with Gasteiger partial charge < -0.3 is 10.3 Å². The van der Waals surface area contributed by atoms with Crippen molar-refractivity contribution < 1.29 is 4.39 Å². The summed E-state index contributed by atoms with van der Waals surface area (Å²) in [4.78, 5) is 3.28. The third kappa shape index (κ3) is 2.79. The van der Waals surface area contributed by atoms with Crippen molar-refractivity contribution >= 4 is 26.8 Å². The number of hydrogen-bond donors (Lipinski definition) is 2. The number of H-pyrrole nitrogens is 1. The standard InChI is InChI=1S/C16H17BrFN5/c1-23-16-3-2-10(7-15(16)21-22-23)19-8-11-6-12-13(17)4-9(18)5-14(12)20-11/h4-6,10,19-20H,2-3,7-8H2,1H3. The maximum absolute atomic E-state index is 13.4. The predicted molar refractivity (Wildman–Crippen MR) is 89.6 cm³/mol. The number of halogens is 2. The first kappa shape index (κ1) is 14.8. The number of fused-ring (bicyclic) bond motifs is 2. The number of rotatable bonds is 3. The lowest BCUT2D eigenvalue weighted by Crippen LogP contribution is -2.34. The highest BCUT2D eigenvalue weighted by Crippen LogP contribution is 2.26. The van der Waals surface area contributed by atoms with Gasteiger partial charge in [-0.15, -0.1) is 5.10 Å². The van der Waals surface area contributed by atoms with Crippen molar-refractivity contribution in [1.82, 2.24) is 25.3 Å². The van der Waals surface area contributed by atoms with Gasteiger partial charge in [0.05, 0.1) is 11.4 Å². The van der Waals surface area contributed by atoms with E-state index in [1.165, 1.54) is 17.8 Å². The largest absolute Gasteiger partial charge is 0.357 e. The van der Waals surface area contributed by atoms with Crippen LogP contribution in [0.15, 0.2) is 22.7 Å². The van der Waals surface area contributed by atoms with E-state index in [0.29, 0.717) is 6.04 Å². The molecule has 0 saturated carbocycles. The summed E-state index contributed by atoms with van der Waals surface area (Å²) in [5.41, 5.74) is 4.20. The fraction of sp³-hybridized carbons (Fsp3) is 0.375. The Morgan fingerprint density at radius 2 is 2.30 bits per heavy atom. The Balaban J connectivity index is 1.46. The van der Waals surface area contributed by atoms with Crippen molar-refractivity contribution in [2.24, 2.45) is 7.05 Å². The average Bonchev–Trinajstić information content (AvgIpc) is 3.09. The summed E-state index contributed by atoms with van der Waals surface area (Å²) in [6, 6.07) is 5.47. The van der Waals surface area contributed by atoms with Gasteiger partial charge in [-0.3, -0.25) is 4.68 Å². The quantitative estimate of drug-likeness (QED) is 0.737. The molecule has 0 aliphatic heterocycles. The number of nitrogens with one attached hydrogen (secondary N) is 2. The van der Waals surface area contributed by atoms with Crippen LogP contribution in [0.2, 0.25) is 0 Å². The van der Waals surface area contributed by atoms with Gasteiger partial charge >= 0.3 is 0 Å². The van der Waals surface area contributed by atoms with Crippen LogP contribution in [0.25, 0.3) is 10.9 Å². The molecule has 5 nitrogen and oxygen atoms in total. The Morgan fingerprint density at radius 1 is 1.43 bits per heavy atom. The van der Waals surface area contributed by atoms with Crippen molar-refractivity contribution in [1.29, 1.82) is 0 Å². The molecule has 2 aromatic heterocycles. The van der Waals surface area contributed by atoms with Gasteiger partial charge in [-0.05, 0) is 47.0 Å².